The quantitative estimate of drug-likeness (QED) is 0.682. The molecule has 27 heavy (non-hydrogen) atoms. The highest BCUT2D eigenvalue weighted by Gasteiger charge is 2.31. The molecule has 3 heteroatoms. The molecule has 0 spiro atoms. The van der Waals surface area contributed by atoms with Crippen molar-refractivity contribution in [3.05, 3.63) is 46.5 Å². The predicted octanol–water partition coefficient (Wildman–Crippen LogP) is 5.06. The topological polar surface area (TPSA) is 32.3 Å². The second-order valence-corrected chi connectivity index (χ2v) is 8.72. The number of carbonyl (C=O) groups excluding carboxylic acids is 1. The summed E-state index contributed by atoms with van der Waals surface area (Å²) >= 11 is 0. The van der Waals surface area contributed by atoms with Gasteiger partial charge in [-0.3, -0.25) is 4.79 Å². The van der Waals surface area contributed by atoms with Crippen LogP contribution < -0.4 is 5.32 Å². The summed E-state index contributed by atoms with van der Waals surface area (Å²) in [6.07, 6.45) is 8.29. The van der Waals surface area contributed by atoms with Gasteiger partial charge in [0, 0.05) is 24.7 Å². The van der Waals surface area contributed by atoms with Crippen LogP contribution in [-0.2, 0) is 0 Å². The highest BCUT2D eigenvalue weighted by Crippen LogP contribution is 2.37. The Kier molecular flexibility index (Phi) is 6.75. The number of allylic oxidation sites excluding steroid dienone is 1. The van der Waals surface area contributed by atoms with Crippen LogP contribution in [0.1, 0.15) is 80.3 Å². The minimum atomic E-state index is 0.0550. The van der Waals surface area contributed by atoms with E-state index in [1.54, 1.807) is 0 Å². The summed E-state index contributed by atoms with van der Waals surface area (Å²) in [6.45, 7) is 11.9. The molecular formula is C24H36N2O. The Morgan fingerprint density at radius 3 is 2.74 bits per heavy atom. The number of piperidine rings is 1. The number of amides is 1. The van der Waals surface area contributed by atoms with E-state index in [4.69, 9.17) is 0 Å². The lowest BCUT2D eigenvalue weighted by molar-refractivity contribution is 0.0954. The number of hydrogen-bond donors (Lipinski definition) is 1. The zero-order valence-electron chi connectivity index (χ0n) is 17.6. The van der Waals surface area contributed by atoms with Gasteiger partial charge in [0.15, 0.2) is 0 Å². The second-order valence-electron chi connectivity index (χ2n) is 8.72. The van der Waals surface area contributed by atoms with Gasteiger partial charge in [0.2, 0.25) is 0 Å². The molecule has 1 aromatic carbocycles. The van der Waals surface area contributed by atoms with Crippen molar-refractivity contribution < 1.29 is 4.79 Å². The average molecular weight is 369 g/mol. The van der Waals surface area contributed by atoms with Crippen molar-refractivity contribution in [2.45, 2.75) is 71.8 Å². The third-order valence-corrected chi connectivity index (χ3v) is 6.48. The fourth-order valence-corrected chi connectivity index (χ4v) is 4.25. The molecule has 3 rings (SSSR count). The fraction of sp³-hybridized carbons (Fsp3) is 0.625. The number of nitrogens with zero attached hydrogens (tertiary/aromatic N) is 1. The second kappa shape index (κ2) is 9.05. The lowest BCUT2D eigenvalue weighted by Gasteiger charge is -2.38. The van der Waals surface area contributed by atoms with E-state index in [1.807, 2.05) is 13.0 Å². The maximum atomic E-state index is 12.6. The summed E-state index contributed by atoms with van der Waals surface area (Å²) in [7, 11) is 0. The van der Waals surface area contributed by atoms with Crippen molar-refractivity contribution in [3.8, 4) is 0 Å². The van der Waals surface area contributed by atoms with Crippen molar-refractivity contribution >= 4 is 5.91 Å². The predicted molar refractivity (Wildman–Crippen MR) is 113 cm³/mol. The van der Waals surface area contributed by atoms with Gasteiger partial charge < -0.3 is 10.2 Å². The van der Waals surface area contributed by atoms with Crippen LogP contribution in [0.2, 0.25) is 0 Å². The molecule has 0 radical (unpaired) electrons. The Labute approximate surface area is 165 Å². The molecule has 1 saturated carbocycles. The number of likely N-dealkylation sites (tertiary alicyclic amines) is 1. The number of aryl methyl sites for hydroxylation is 1. The van der Waals surface area contributed by atoms with Gasteiger partial charge >= 0.3 is 0 Å². The lowest BCUT2D eigenvalue weighted by atomic mass is 9.83. The van der Waals surface area contributed by atoms with E-state index in [-0.39, 0.29) is 5.91 Å². The van der Waals surface area contributed by atoms with E-state index in [0.717, 1.165) is 17.9 Å². The standard InChI is InChI=1S/C24H36N2O/c1-5-17(2)10-12-25-24(27)22-9-6-18(3)23(15-22)21-11-13-26(19(4)14-21)16-20-7-8-20/h5-6,9,15,19-21H,7-8,10-14,16H2,1-4H3,(H,25,27)/b17-5+. The zero-order valence-corrected chi connectivity index (χ0v) is 17.6. The van der Waals surface area contributed by atoms with Crippen molar-refractivity contribution in [3.63, 3.8) is 0 Å². The minimum Gasteiger partial charge on any atom is -0.352 e. The molecule has 2 unspecified atom stereocenters. The lowest BCUT2D eigenvalue weighted by Crippen LogP contribution is -2.41. The maximum absolute atomic E-state index is 12.6. The Morgan fingerprint density at radius 2 is 2.07 bits per heavy atom. The van der Waals surface area contributed by atoms with Crippen LogP contribution in [0.3, 0.4) is 0 Å². The Bertz CT molecular complexity index is 690. The first-order chi connectivity index (χ1) is 13.0. The van der Waals surface area contributed by atoms with Crippen LogP contribution in [0.15, 0.2) is 29.8 Å². The first kappa shape index (κ1) is 20.1. The number of rotatable bonds is 7. The summed E-state index contributed by atoms with van der Waals surface area (Å²) in [4.78, 5) is 15.3. The Hall–Kier alpha value is -1.61. The first-order valence-corrected chi connectivity index (χ1v) is 10.7. The number of hydrogen-bond acceptors (Lipinski definition) is 2. The molecule has 1 N–H and O–H groups in total. The molecular weight excluding hydrogens is 332 g/mol. The van der Waals surface area contributed by atoms with Crippen LogP contribution in [-0.4, -0.2) is 36.5 Å². The first-order valence-electron chi connectivity index (χ1n) is 10.7. The van der Waals surface area contributed by atoms with Gasteiger partial charge in [0.1, 0.15) is 0 Å². The molecule has 1 aromatic rings. The highest BCUT2D eigenvalue weighted by molar-refractivity contribution is 5.94. The molecule has 1 heterocycles. The third kappa shape index (κ3) is 5.44. The van der Waals surface area contributed by atoms with E-state index in [0.29, 0.717) is 18.5 Å². The molecule has 1 saturated heterocycles. The van der Waals surface area contributed by atoms with Crippen molar-refractivity contribution in [2.75, 3.05) is 19.6 Å². The molecule has 0 bridgehead atoms. The SMILES string of the molecule is C/C=C(\C)CCNC(=O)c1ccc(C)c(C2CCN(CC3CC3)C(C)C2)c1. The van der Waals surface area contributed by atoms with Crippen molar-refractivity contribution in [1.82, 2.24) is 10.2 Å². The smallest absolute Gasteiger partial charge is 0.251 e. The van der Waals surface area contributed by atoms with Gasteiger partial charge in [-0.15, -0.1) is 0 Å². The minimum absolute atomic E-state index is 0.0550. The van der Waals surface area contributed by atoms with Gasteiger partial charge in [0.05, 0.1) is 0 Å². The van der Waals surface area contributed by atoms with Crippen LogP contribution >= 0.6 is 0 Å². The molecule has 1 aliphatic carbocycles. The molecule has 2 fully saturated rings. The normalized spacial score (nSPS) is 24.1. The average Bonchev–Trinajstić information content (AvgIpc) is 3.47. The van der Waals surface area contributed by atoms with Gasteiger partial charge in [-0.05, 0) is 101 Å². The van der Waals surface area contributed by atoms with E-state index in [2.05, 4.69) is 49.2 Å². The largest absolute Gasteiger partial charge is 0.352 e. The summed E-state index contributed by atoms with van der Waals surface area (Å²) in [6, 6.07) is 6.90. The third-order valence-electron chi connectivity index (χ3n) is 6.48. The fourth-order valence-electron chi connectivity index (χ4n) is 4.25. The molecule has 148 valence electrons. The molecule has 3 nitrogen and oxygen atoms in total. The van der Waals surface area contributed by atoms with Crippen LogP contribution in [0.25, 0.3) is 0 Å². The van der Waals surface area contributed by atoms with E-state index >= 15 is 0 Å². The summed E-state index contributed by atoms with van der Waals surface area (Å²) in [5.41, 5.74) is 4.82. The number of nitrogens with one attached hydrogen (secondary N) is 1. The Morgan fingerprint density at radius 1 is 1.30 bits per heavy atom. The summed E-state index contributed by atoms with van der Waals surface area (Å²) < 4.78 is 0. The van der Waals surface area contributed by atoms with E-state index < -0.39 is 0 Å². The van der Waals surface area contributed by atoms with Gasteiger partial charge in [-0.2, -0.15) is 0 Å². The van der Waals surface area contributed by atoms with Gasteiger partial charge in [-0.1, -0.05) is 17.7 Å². The zero-order chi connectivity index (χ0) is 19.4. The summed E-state index contributed by atoms with van der Waals surface area (Å²) in [5.74, 6) is 1.59. The van der Waals surface area contributed by atoms with Gasteiger partial charge in [-0.25, -0.2) is 0 Å². The number of carbonyl (C=O) groups is 1. The molecule has 2 aliphatic rings. The van der Waals surface area contributed by atoms with Crippen molar-refractivity contribution in [1.29, 1.82) is 0 Å². The van der Waals surface area contributed by atoms with E-state index in [9.17, 15) is 4.79 Å². The van der Waals surface area contributed by atoms with Crippen LogP contribution in [0.4, 0.5) is 0 Å². The van der Waals surface area contributed by atoms with Crippen LogP contribution in [0.5, 0.6) is 0 Å². The van der Waals surface area contributed by atoms with Crippen molar-refractivity contribution in [2.24, 2.45) is 5.92 Å². The molecule has 1 amide bonds. The van der Waals surface area contributed by atoms with Crippen LogP contribution in [0, 0.1) is 12.8 Å². The maximum Gasteiger partial charge on any atom is 0.251 e. The molecule has 1 aliphatic heterocycles. The number of benzene rings is 1. The van der Waals surface area contributed by atoms with E-state index in [1.165, 1.54) is 55.5 Å². The van der Waals surface area contributed by atoms with Gasteiger partial charge in [0.25, 0.3) is 5.91 Å². The monoisotopic (exact) mass is 368 g/mol. The molecule has 2 atom stereocenters. The highest BCUT2D eigenvalue weighted by atomic mass is 16.1. The Balaban J connectivity index is 1.62. The summed E-state index contributed by atoms with van der Waals surface area (Å²) in [5, 5.41) is 3.07. The molecule has 0 aromatic heterocycles.